The van der Waals surface area contributed by atoms with E-state index in [9.17, 15) is 50.8 Å². The van der Waals surface area contributed by atoms with E-state index in [0.717, 1.165) is 50.5 Å². The summed E-state index contributed by atoms with van der Waals surface area (Å²) in [4.78, 5) is 12.5. The molecule has 16 heteroatoms. The topological polar surface area (TPSA) is 255 Å². The molecule has 21 atom stereocenters. The number of rotatable bonds is 9. The molecular weight excluding hydrogens is 712 g/mol. The van der Waals surface area contributed by atoms with Crippen LogP contribution in [0.4, 0.5) is 0 Å². The van der Waals surface area contributed by atoms with Gasteiger partial charge >= 0.3 is 0 Å². The second-order valence-corrected chi connectivity index (χ2v) is 17.4. The minimum Gasteiger partial charge on any atom is -0.394 e. The van der Waals surface area contributed by atoms with E-state index in [1.807, 2.05) is 0 Å². The van der Waals surface area contributed by atoms with Gasteiger partial charge in [0.15, 0.2) is 24.7 Å². The highest BCUT2D eigenvalue weighted by atomic mass is 16.8. The molecule has 3 heterocycles. The molecule has 6 fully saturated rings. The van der Waals surface area contributed by atoms with Crippen LogP contribution in [0, 0.1) is 34.5 Å². The fraction of sp³-hybridized carbons (Fsp3) is 0.921. The third-order valence-electron chi connectivity index (χ3n) is 14.6. The van der Waals surface area contributed by atoms with Gasteiger partial charge < -0.3 is 74.4 Å². The van der Waals surface area contributed by atoms with Crippen LogP contribution in [0.5, 0.6) is 0 Å². The van der Waals surface area contributed by atoms with Crippen LogP contribution in [0.2, 0.25) is 0 Å². The molecule has 3 saturated carbocycles. The van der Waals surface area contributed by atoms with Gasteiger partial charge in [0.2, 0.25) is 0 Å². The third kappa shape index (κ3) is 7.04. The standard InChI is InChI=1S/C38H60O16/c1-16(41)20-6-7-21-19-5-4-17-12-18(8-10-37(17,2)22(19)9-11-38(20,21)3)50-36-33(28(45)27(44)24(13-39)51-36)54-35-31(48)29(46)32(25(14-40)52-35)53-34-30(47)26(43)23(42)15-49-34/h6,17-19,21-36,39-40,42-48H,4-5,7-15H2,1-3H3/t17-,18+,19?,21?,22?,23-,24-,25-,26+,27-,28+,29-,30+,31-,32-,33-,34+,35+,36-,37+,38-/m1/s1. The highest BCUT2D eigenvalue weighted by Gasteiger charge is 2.60. The minimum absolute atomic E-state index is 0.0599. The summed E-state index contributed by atoms with van der Waals surface area (Å²) in [6.07, 6.45) is -12.4. The maximum Gasteiger partial charge on any atom is 0.187 e. The Morgan fingerprint density at radius 3 is 2.11 bits per heavy atom. The predicted octanol–water partition coefficient (Wildman–Crippen LogP) is -1.37. The van der Waals surface area contributed by atoms with Crippen molar-refractivity contribution in [1.82, 2.24) is 0 Å². The first-order valence-corrected chi connectivity index (χ1v) is 19.7. The van der Waals surface area contributed by atoms with Crippen LogP contribution in [0.1, 0.15) is 72.1 Å². The Balaban J connectivity index is 1.02. The highest BCUT2D eigenvalue weighted by Crippen LogP contribution is 2.66. The number of carbonyl (C=O) groups is 1. The summed E-state index contributed by atoms with van der Waals surface area (Å²) in [7, 11) is 0. The number of fused-ring (bicyclic) bond motifs is 5. The van der Waals surface area contributed by atoms with Crippen LogP contribution in [0.25, 0.3) is 0 Å². The summed E-state index contributed by atoms with van der Waals surface area (Å²) in [6.45, 7) is 4.62. The summed E-state index contributed by atoms with van der Waals surface area (Å²) in [5, 5.41) is 94.6. The van der Waals surface area contributed by atoms with Gasteiger partial charge in [-0.15, -0.1) is 0 Å². The molecule has 16 nitrogen and oxygen atoms in total. The molecule has 0 aromatic heterocycles. The molecular formula is C38H60O16. The van der Waals surface area contributed by atoms with Crippen LogP contribution in [0.15, 0.2) is 11.6 Å². The van der Waals surface area contributed by atoms with Gasteiger partial charge in [0, 0.05) is 0 Å². The van der Waals surface area contributed by atoms with Crippen molar-refractivity contribution in [3.05, 3.63) is 11.6 Å². The predicted molar refractivity (Wildman–Crippen MR) is 184 cm³/mol. The highest BCUT2D eigenvalue weighted by molar-refractivity contribution is 5.95. The van der Waals surface area contributed by atoms with Gasteiger partial charge in [-0.25, -0.2) is 0 Å². The molecule has 7 aliphatic rings. The number of carbonyl (C=O) groups excluding carboxylic acids is 1. The van der Waals surface area contributed by atoms with Gasteiger partial charge in [0.25, 0.3) is 0 Å². The summed E-state index contributed by atoms with van der Waals surface area (Å²) < 4.78 is 35.2. The molecule has 308 valence electrons. The van der Waals surface area contributed by atoms with E-state index in [0.29, 0.717) is 30.1 Å². The number of ether oxygens (including phenoxy) is 6. The molecule has 0 aromatic rings. The van der Waals surface area contributed by atoms with Crippen LogP contribution in [0.3, 0.4) is 0 Å². The Labute approximate surface area is 315 Å². The minimum atomic E-state index is -1.85. The van der Waals surface area contributed by atoms with Crippen LogP contribution in [-0.2, 0) is 33.2 Å². The van der Waals surface area contributed by atoms with Crippen molar-refractivity contribution in [1.29, 1.82) is 0 Å². The van der Waals surface area contributed by atoms with E-state index in [1.165, 1.54) is 0 Å². The number of allylic oxidation sites excluding steroid dienone is 2. The summed E-state index contributed by atoms with van der Waals surface area (Å²) in [6, 6.07) is 0. The lowest BCUT2D eigenvalue weighted by Crippen LogP contribution is -2.66. The lowest BCUT2D eigenvalue weighted by Gasteiger charge is -2.61. The SMILES string of the molecule is CC(=O)C1=CCC2C3CC[C@@H]4C[C@@H](O[C@@H]5O[C@H](CO)[C@@H](O)[C@H](O)[C@H]5O[C@@H]5O[C@H](CO)[C@@H](O[C@@H]6OC[C@@H](O)[C@H](O)[C@@H]6O)[C@H](O)[C@H]5O)CC[C@]4(C)C3CC[C@]12C. The van der Waals surface area contributed by atoms with E-state index in [1.54, 1.807) is 6.92 Å². The van der Waals surface area contributed by atoms with Crippen LogP contribution in [-0.4, -0.2) is 164 Å². The van der Waals surface area contributed by atoms with Crippen molar-refractivity contribution in [3.63, 3.8) is 0 Å². The maximum absolute atomic E-state index is 12.5. The Hall–Kier alpha value is -1.19. The fourth-order valence-electron chi connectivity index (χ4n) is 11.5. The van der Waals surface area contributed by atoms with Crippen molar-refractivity contribution in [3.8, 4) is 0 Å². The lowest BCUT2D eigenvalue weighted by atomic mass is 9.44. The van der Waals surface area contributed by atoms with Crippen LogP contribution < -0.4 is 0 Å². The molecule has 3 saturated heterocycles. The van der Waals surface area contributed by atoms with E-state index >= 15 is 0 Å². The average Bonchev–Trinajstić information content (AvgIpc) is 3.51. The fourth-order valence-corrected chi connectivity index (χ4v) is 11.5. The van der Waals surface area contributed by atoms with E-state index in [-0.39, 0.29) is 29.3 Å². The number of hydrogen-bond acceptors (Lipinski definition) is 16. The average molecular weight is 773 g/mol. The number of aliphatic hydroxyl groups is 9. The number of ketones is 1. The van der Waals surface area contributed by atoms with Crippen molar-refractivity contribution >= 4 is 5.78 Å². The van der Waals surface area contributed by atoms with E-state index in [2.05, 4.69) is 19.9 Å². The Morgan fingerprint density at radius 2 is 1.41 bits per heavy atom. The molecule has 3 unspecified atom stereocenters. The van der Waals surface area contributed by atoms with Gasteiger partial charge in [-0.3, -0.25) is 4.79 Å². The Bertz CT molecular complexity index is 1360. The lowest BCUT2D eigenvalue weighted by molar-refractivity contribution is -0.384. The van der Waals surface area contributed by atoms with Crippen molar-refractivity contribution in [2.45, 2.75) is 164 Å². The molecule has 3 aliphatic heterocycles. The van der Waals surface area contributed by atoms with Gasteiger partial charge in [0.1, 0.15) is 67.1 Å². The molecule has 0 bridgehead atoms. The molecule has 0 spiro atoms. The van der Waals surface area contributed by atoms with Crippen molar-refractivity contribution < 1.29 is 79.2 Å². The summed E-state index contributed by atoms with van der Waals surface area (Å²) in [5.41, 5.74) is 1.03. The molecule has 0 amide bonds. The number of Topliss-reactive ketones (excluding diaryl/α,β-unsaturated/α-hetero) is 1. The molecule has 54 heavy (non-hydrogen) atoms. The largest absolute Gasteiger partial charge is 0.394 e. The first-order chi connectivity index (χ1) is 25.6. The maximum atomic E-state index is 12.5. The van der Waals surface area contributed by atoms with Crippen LogP contribution >= 0.6 is 0 Å². The zero-order valence-corrected chi connectivity index (χ0v) is 31.2. The molecule has 4 aliphatic carbocycles. The normalized spacial score (nSPS) is 53.6. The Kier molecular flexibility index (Phi) is 12.0. The number of aliphatic hydroxyl groups excluding tert-OH is 9. The van der Waals surface area contributed by atoms with Crippen molar-refractivity contribution in [2.75, 3.05) is 19.8 Å². The molecule has 7 rings (SSSR count). The molecule has 0 aromatic carbocycles. The van der Waals surface area contributed by atoms with Gasteiger partial charge in [-0.2, -0.15) is 0 Å². The number of hydrogen-bond donors (Lipinski definition) is 9. The third-order valence-corrected chi connectivity index (χ3v) is 14.6. The van der Waals surface area contributed by atoms with Crippen molar-refractivity contribution in [2.24, 2.45) is 34.5 Å². The van der Waals surface area contributed by atoms with Gasteiger partial charge in [-0.05, 0) is 98.4 Å². The summed E-state index contributed by atoms with van der Waals surface area (Å²) in [5.74, 6) is 2.08. The van der Waals surface area contributed by atoms with E-state index in [4.69, 9.17) is 28.4 Å². The monoisotopic (exact) mass is 772 g/mol. The second kappa shape index (κ2) is 15.9. The molecule has 0 radical (unpaired) electrons. The van der Waals surface area contributed by atoms with Gasteiger partial charge in [0.05, 0.1) is 25.9 Å². The zero-order chi connectivity index (χ0) is 38.9. The first kappa shape index (κ1) is 41.0. The van der Waals surface area contributed by atoms with Gasteiger partial charge in [-0.1, -0.05) is 19.9 Å². The zero-order valence-electron chi connectivity index (χ0n) is 31.2. The quantitative estimate of drug-likeness (QED) is 0.123. The van der Waals surface area contributed by atoms with E-state index < -0.39 is 99.2 Å². The Morgan fingerprint density at radius 1 is 0.741 bits per heavy atom. The molecule has 9 N–H and O–H groups in total. The smallest absolute Gasteiger partial charge is 0.187 e. The first-order valence-electron chi connectivity index (χ1n) is 19.7. The second-order valence-electron chi connectivity index (χ2n) is 17.4. The summed E-state index contributed by atoms with van der Waals surface area (Å²) >= 11 is 0.